The number of carboxylic acid groups (broad SMARTS) is 1. The molecule has 1 saturated carbocycles. The summed E-state index contributed by atoms with van der Waals surface area (Å²) in [5, 5.41) is 9.00. The van der Waals surface area contributed by atoms with E-state index in [1.54, 1.807) is 0 Å². The number of rotatable bonds is 4. The summed E-state index contributed by atoms with van der Waals surface area (Å²) in [6, 6.07) is 2.55. The third-order valence-electron chi connectivity index (χ3n) is 3.49. The van der Waals surface area contributed by atoms with Gasteiger partial charge < -0.3 is 9.84 Å². The Morgan fingerprint density at radius 2 is 1.95 bits per heavy atom. The van der Waals surface area contributed by atoms with Crippen LogP contribution in [0.5, 0.6) is 5.75 Å². The van der Waals surface area contributed by atoms with Crippen LogP contribution in [0, 0.1) is 5.92 Å². The van der Waals surface area contributed by atoms with E-state index in [-0.39, 0.29) is 5.75 Å². The molecule has 0 saturated heterocycles. The Labute approximate surface area is 114 Å². The molecule has 20 heavy (non-hydrogen) atoms. The minimum Gasteiger partial charge on any atom is -0.492 e. The molecule has 0 radical (unpaired) electrons. The molecule has 1 fully saturated rings. The van der Waals surface area contributed by atoms with E-state index in [0.29, 0.717) is 18.6 Å². The van der Waals surface area contributed by atoms with Crippen LogP contribution < -0.4 is 4.74 Å². The van der Waals surface area contributed by atoms with Crippen molar-refractivity contribution in [1.82, 2.24) is 0 Å². The Morgan fingerprint density at radius 3 is 2.50 bits per heavy atom. The zero-order valence-corrected chi connectivity index (χ0v) is 10.7. The zero-order chi connectivity index (χ0) is 14.8. The van der Waals surface area contributed by atoms with Crippen molar-refractivity contribution in [3.63, 3.8) is 0 Å². The molecule has 2 rings (SSSR count). The molecule has 110 valence electrons. The first kappa shape index (κ1) is 14.7. The van der Waals surface area contributed by atoms with Crippen LogP contribution in [-0.4, -0.2) is 17.7 Å². The Bertz CT molecular complexity index is 491. The Hall–Kier alpha value is -1.72. The molecule has 0 heterocycles. The lowest BCUT2D eigenvalue weighted by atomic mass is 10.1. The van der Waals surface area contributed by atoms with Crippen LogP contribution in [-0.2, 0) is 6.18 Å². The van der Waals surface area contributed by atoms with Gasteiger partial charge >= 0.3 is 12.1 Å². The fraction of sp³-hybridized carbons (Fsp3) is 0.500. The fourth-order valence-corrected chi connectivity index (χ4v) is 2.38. The fourth-order valence-electron chi connectivity index (χ4n) is 2.38. The number of hydrogen-bond donors (Lipinski definition) is 1. The molecule has 0 aliphatic heterocycles. The monoisotopic (exact) mass is 288 g/mol. The summed E-state index contributed by atoms with van der Waals surface area (Å²) in [6.07, 6.45) is -0.292. The van der Waals surface area contributed by atoms with E-state index in [4.69, 9.17) is 9.84 Å². The van der Waals surface area contributed by atoms with Gasteiger partial charge in [-0.1, -0.05) is 12.8 Å². The maximum atomic E-state index is 12.6. The van der Waals surface area contributed by atoms with Crippen LogP contribution in [0.2, 0.25) is 0 Å². The summed E-state index contributed by atoms with van der Waals surface area (Å²) in [7, 11) is 0. The summed E-state index contributed by atoms with van der Waals surface area (Å²) in [4.78, 5) is 11.0. The average molecular weight is 288 g/mol. The van der Waals surface area contributed by atoms with E-state index in [2.05, 4.69) is 0 Å². The SMILES string of the molecule is O=C(O)c1cc(C(F)(F)F)ccc1OCC1CCCC1. The molecule has 1 aromatic carbocycles. The van der Waals surface area contributed by atoms with Crippen molar-refractivity contribution in [3.8, 4) is 5.75 Å². The zero-order valence-electron chi connectivity index (χ0n) is 10.7. The molecule has 0 amide bonds. The van der Waals surface area contributed by atoms with Gasteiger partial charge in [-0.15, -0.1) is 0 Å². The molecule has 0 spiro atoms. The third kappa shape index (κ3) is 3.43. The predicted octanol–water partition coefficient (Wildman–Crippen LogP) is 3.97. The summed E-state index contributed by atoms with van der Waals surface area (Å²) in [5.41, 5.74) is -1.43. The van der Waals surface area contributed by atoms with Gasteiger partial charge in [-0.25, -0.2) is 4.79 Å². The number of ether oxygens (including phenoxy) is 1. The standard InChI is InChI=1S/C14H15F3O3/c15-14(16,17)10-5-6-12(11(7-10)13(18)19)20-8-9-3-1-2-4-9/h5-7,9H,1-4,8H2,(H,18,19). The van der Waals surface area contributed by atoms with Gasteiger partial charge in [0.05, 0.1) is 12.2 Å². The molecule has 0 bridgehead atoms. The van der Waals surface area contributed by atoms with Crippen molar-refractivity contribution in [2.45, 2.75) is 31.9 Å². The predicted molar refractivity (Wildman–Crippen MR) is 65.9 cm³/mol. The number of alkyl halides is 3. The molecular weight excluding hydrogens is 273 g/mol. The van der Waals surface area contributed by atoms with Crippen LogP contribution in [0.3, 0.4) is 0 Å². The maximum absolute atomic E-state index is 12.6. The van der Waals surface area contributed by atoms with E-state index < -0.39 is 23.3 Å². The second-order valence-electron chi connectivity index (χ2n) is 4.98. The number of carboxylic acids is 1. The largest absolute Gasteiger partial charge is 0.492 e. The van der Waals surface area contributed by atoms with Crippen molar-refractivity contribution < 1.29 is 27.8 Å². The molecule has 1 aliphatic carbocycles. The molecule has 1 aromatic rings. The number of benzene rings is 1. The Balaban J connectivity index is 2.17. The van der Waals surface area contributed by atoms with Gasteiger partial charge in [-0.05, 0) is 37.0 Å². The van der Waals surface area contributed by atoms with Crippen LogP contribution >= 0.6 is 0 Å². The molecule has 0 atom stereocenters. The van der Waals surface area contributed by atoms with Gasteiger partial charge in [-0.3, -0.25) is 0 Å². The summed E-state index contributed by atoms with van der Waals surface area (Å²) >= 11 is 0. The lowest BCUT2D eigenvalue weighted by molar-refractivity contribution is -0.137. The maximum Gasteiger partial charge on any atom is 0.416 e. The van der Waals surface area contributed by atoms with Crippen LogP contribution in [0.4, 0.5) is 13.2 Å². The molecule has 1 aliphatic rings. The minimum atomic E-state index is -4.56. The van der Waals surface area contributed by atoms with Gasteiger partial charge in [0, 0.05) is 0 Å². The minimum absolute atomic E-state index is 0.00241. The quantitative estimate of drug-likeness (QED) is 0.911. The van der Waals surface area contributed by atoms with Gasteiger partial charge in [-0.2, -0.15) is 13.2 Å². The van der Waals surface area contributed by atoms with Gasteiger partial charge in [0.2, 0.25) is 0 Å². The third-order valence-corrected chi connectivity index (χ3v) is 3.49. The number of hydrogen-bond acceptors (Lipinski definition) is 2. The normalized spacial score (nSPS) is 16.4. The van der Waals surface area contributed by atoms with E-state index >= 15 is 0 Å². The molecule has 0 aromatic heterocycles. The Morgan fingerprint density at radius 1 is 1.30 bits per heavy atom. The van der Waals surface area contributed by atoms with Crippen molar-refractivity contribution in [1.29, 1.82) is 0 Å². The topological polar surface area (TPSA) is 46.5 Å². The number of halogens is 3. The molecule has 3 nitrogen and oxygen atoms in total. The molecule has 1 N–H and O–H groups in total. The van der Waals surface area contributed by atoms with Crippen LogP contribution in [0.1, 0.15) is 41.6 Å². The Kier molecular flexibility index (Phi) is 4.20. The van der Waals surface area contributed by atoms with Crippen molar-refractivity contribution in [2.75, 3.05) is 6.61 Å². The lowest BCUT2D eigenvalue weighted by Crippen LogP contribution is -2.12. The first-order valence-electron chi connectivity index (χ1n) is 6.45. The van der Waals surface area contributed by atoms with Gasteiger partial charge in [0.25, 0.3) is 0 Å². The lowest BCUT2D eigenvalue weighted by Gasteiger charge is -2.15. The van der Waals surface area contributed by atoms with Gasteiger partial charge in [0.1, 0.15) is 11.3 Å². The number of aromatic carboxylic acids is 1. The summed E-state index contributed by atoms with van der Waals surface area (Å²) in [5.74, 6) is -1.06. The second kappa shape index (κ2) is 5.73. The highest BCUT2D eigenvalue weighted by Crippen LogP contribution is 2.33. The first-order valence-corrected chi connectivity index (χ1v) is 6.45. The summed E-state index contributed by atoms with van der Waals surface area (Å²) < 4.78 is 43.1. The second-order valence-corrected chi connectivity index (χ2v) is 4.98. The average Bonchev–Trinajstić information content (AvgIpc) is 2.88. The van der Waals surface area contributed by atoms with Gasteiger partial charge in [0.15, 0.2) is 0 Å². The van der Waals surface area contributed by atoms with Crippen LogP contribution in [0.25, 0.3) is 0 Å². The van der Waals surface area contributed by atoms with E-state index in [1.807, 2.05) is 0 Å². The summed E-state index contributed by atoms with van der Waals surface area (Å²) in [6.45, 7) is 0.353. The smallest absolute Gasteiger partial charge is 0.416 e. The number of carbonyl (C=O) groups is 1. The molecule has 0 unspecified atom stereocenters. The highest BCUT2D eigenvalue weighted by Gasteiger charge is 2.32. The van der Waals surface area contributed by atoms with Crippen molar-refractivity contribution in [2.24, 2.45) is 5.92 Å². The van der Waals surface area contributed by atoms with E-state index in [9.17, 15) is 18.0 Å². The highest BCUT2D eigenvalue weighted by molar-refractivity contribution is 5.91. The van der Waals surface area contributed by atoms with E-state index in [0.717, 1.165) is 37.8 Å². The molecule has 6 heteroatoms. The first-order chi connectivity index (χ1) is 9.38. The van der Waals surface area contributed by atoms with E-state index in [1.165, 1.54) is 0 Å². The molecular formula is C14H15F3O3. The highest BCUT2D eigenvalue weighted by atomic mass is 19.4. The van der Waals surface area contributed by atoms with Crippen molar-refractivity contribution in [3.05, 3.63) is 29.3 Å². The van der Waals surface area contributed by atoms with Crippen molar-refractivity contribution >= 4 is 5.97 Å². The van der Waals surface area contributed by atoms with Crippen LogP contribution in [0.15, 0.2) is 18.2 Å².